The molecule has 0 spiro atoms. The van der Waals surface area contributed by atoms with Crippen LogP contribution in [0, 0.1) is 0 Å². The normalized spacial score (nSPS) is 13.3. The molecule has 0 unspecified atom stereocenters. The lowest BCUT2D eigenvalue weighted by Gasteiger charge is -2.14. The molecule has 1 amide bonds. The highest BCUT2D eigenvalue weighted by atomic mass is 19.4. The monoisotopic (exact) mass is 376 g/mol. The van der Waals surface area contributed by atoms with Gasteiger partial charge in [0.2, 0.25) is 5.91 Å². The number of hydrogen-bond acceptors (Lipinski definition) is 2. The van der Waals surface area contributed by atoms with Gasteiger partial charge >= 0.3 is 12.4 Å². The summed E-state index contributed by atoms with van der Waals surface area (Å²) in [6, 6.07) is 7.03. The quantitative estimate of drug-likeness (QED) is 0.785. The Morgan fingerprint density at radius 2 is 1.50 bits per heavy atom. The van der Waals surface area contributed by atoms with Crippen LogP contribution in [-0.4, -0.2) is 11.9 Å². The van der Waals surface area contributed by atoms with Crippen LogP contribution in [0.1, 0.15) is 16.7 Å². The number of alkyl halides is 6. The molecule has 0 radical (unpaired) electrons. The number of rotatable bonds is 4. The number of amides is 1. The Balaban J connectivity index is 2.02. The van der Waals surface area contributed by atoms with E-state index in [9.17, 15) is 31.1 Å². The van der Waals surface area contributed by atoms with Crippen molar-refractivity contribution in [2.45, 2.75) is 24.8 Å². The third-order valence-corrected chi connectivity index (χ3v) is 3.53. The molecule has 3 nitrogen and oxygen atoms in total. The molecular weight excluding hydrogens is 362 g/mol. The zero-order chi connectivity index (χ0) is 19.5. The predicted molar refractivity (Wildman–Crippen MR) is 83.2 cm³/mol. The molecule has 3 N–H and O–H groups in total. The highest BCUT2D eigenvalue weighted by Gasteiger charge is 2.31. The Hall–Kier alpha value is -2.55. The first kappa shape index (κ1) is 19.8. The van der Waals surface area contributed by atoms with Gasteiger partial charge in [-0.3, -0.25) is 4.79 Å². The first-order valence-corrected chi connectivity index (χ1v) is 7.36. The van der Waals surface area contributed by atoms with Crippen molar-refractivity contribution in [2.24, 2.45) is 5.73 Å². The molecule has 1 atom stereocenters. The number of hydrogen-bond donors (Lipinski definition) is 2. The number of carbonyl (C=O) groups is 1. The second kappa shape index (κ2) is 7.36. The summed E-state index contributed by atoms with van der Waals surface area (Å²) in [5.41, 5.74) is 4.25. The minimum Gasteiger partial charge on any atom is -0.325 e. The molecule has 9 heteroatoms. The molecular formula is C17H14F6N2O. The molecule has 2 rings (SSSR count). The van der Waals surface area contributed by atoms with Crippen LogP contribution in [0.4, 0.5) is 32.0 Å². The van der Waals surface area contributed by atoms with Gasteiger partial charge in [0.05, 0.1) is 17.2 Å². The van der Waals surface area contributed by atoms with Crippen molar-refractivity contribution in [3.63, 3.8) is 0 Å². The molecule has 2 aromatic carbocycles. The molecule has 0 aromatic heterocycles. The molecule has 0 aliphatic heterocycles. The Labute approximate surface area is 144 Å². The third-order valence-electron chi connectivity index (χ3n) is 3.53. The summed E-state index contributed by atoms with van der Waals surface area (Å²) in [5, 5.41) is 2.27. The molecule has 0 heterocycles. The molecule has 0 aliphatic carbocycles. The highest BCUT2D eigenvalue weighted by molar-refractivity contribution is 5.94. The van der Waals surface area contributed by atoms with Crippen LogP contribution in [0.3, 0.4) is 0 Å². The van der Waals surface area contributed by atoms with Gasteiger partial charge < -0.3 is 11.1 Å². The van der Waals surface area contributed by atoms with Gasteiger partial charge in [-0.15, -0.1) is 0 Å². The van der Waals surface area contributed by atoms with Crippen molar-refractivity contribution in [1.82, 2.24) is 0 Å². The van der Waals surface area contributed by atoms with Crippen LogP contribution in [0.25, 0.3) is 0 Å². The van der Waals surface area contributed by atoms with E-state index in [-0.39, 0.29) is 12.1 Å². The summed E-state index contributed by atoms with van der Waals surface area (Å²) in [4.78, 5) is 12.0. The number of nitrogens with two attached hydrogens (primary N) is 1. The molecule has 0 aliphatic rings. The van der Waals surface area contributed by atoms with E-state index in [1.54, 1.807) is 0 Å². The van der Waals surface area contributed by atoms with E-state index in [0.717, 1.165) is 30.3 Å². The first-order chi connectivity index (χ1) is 12.0. The van der Waals surface area contributed by atoms with Crippen molar-refractivity contribution >= 4 is 11.6 Å². The number of halogens is 6. The Kier molecular flexibility index (Phi) is 5.60. The predicted octanol–water partition coefficient (Wildman–Crippen LogP) is 4.23. The molecule has 140 valence electrons. The molecule has 2 aromatic rings. The zero-order valence-electron chi connectivity index (χ0n) is 13.2. The van der Waals surface area contributed by atoms with Gasteiger partial charge in [-0.2, -0.15) is 26.3 Å². The van der Waals surface area contributed by atoms with Crippen molar-refractivity contribution < 1.29 is 31.1 Å². The largest absolute Gasteiger partial charge is 0.416 e. The van der Waals surface area contributed by atoms with E-state index < -0.39 is 35.4 Å². The van der Waals surface area contributed by atoms with Crippen LogP contribution in [0.15, 0.2) is 48.5 Å². The fraction of sp³-hybridized carbons (Fsp3) is 0.235. The Morgan fingerprint density at radius 1 is 0.923 bits per heavy atom. The third kappa shape index (κ3) is 5.22. The minimum absolute atomic E-state index is 0.0665. The standard InChI is InChI=1S/C17H14F6N2O/c18-16(19,20)11-6-4-10(5-7-11)8-14(24)15(26)25-13-3-1-2-12(9-13)17(21,22)23/h1-7,9,14H,8,24H2,(H,25,26)/t14-/m0/s1. The van der Waals surface area contributed by atoms with Crippen LogP contribution >= 0.6 is 0 Å². The van der Waals surface area contributed by atoms with Gasteiger partial charge in [-0.05, 0) is 42.3 Å². The minimum atomic E-state index is -4.55. The van der Waals surface area contributed by atoms with Gasteiger partial charge in [-0.1, -0.05) is 18.2 Å². The Morgan fingerprint density at radius 3 is 2.04 bits per heavy atom. The SMILES string of the molecule is N[C@@H](Cc1ccc(C(F)(F)F)cc1)C(=O)Nc1cccc(C(F)(F)F)c1. The van der Waals surface area contributed by atoms with Crippen molar-refractivity contribution in [1.29, 1.82) is 0 Å². The van der Waals surface area contributed by atoms with Gasteiger partial charge in [0, 0.05) is 5.69 Å². The Bertz CT molecular complexity index is 768. The summed E-state index contributed by atoms with van der Waals surface area (Å²) in [6.07, 6.45) is -9.09. The van der Waals surface area contributed by atoms with Crippen molar-refractivity contribution in [3.8, 4) is 0 Å². The number of benzene rings is 2. The van der Waals surface area contributed by atoms with E-state index in [2.05, 4.69) is 5.32 Å². The van der Waals surface area contributed by atoms with E-state index in [1.807, 2.05) is 0 Å². The maximum absolute atomic E-state index is 12.7. The molecule has 0 fully saturated rings. The van der Waals surface area contributed by atoms with Gasteiger partial charge in [0.15, 0.2) is 0 Å². The van der Waals surface area contributed by atoms with E-state index >= 15 is 0 Å². The van der Waals surface area contributed by atoms with E-state index in [1.165, 1.54) is 18.2 Å². The maximum Gasteiger partial charge on any atom is 0.416 e. The maximum atomic E-state index is 12.7. The topological polar surface area (TPSA) is 55.1 Å². The fourth-order valence-corrected chi connectivity index (χ4v) is 2.18. The summed E-state index contributed by atoms with van der Waals surface area (Å²) in [6.45, 7) is 0. The smallest absolute Gasteiger partial charge is 0.325 e. The lowest BCUT2D eigenvalue weighted by atomic mass is 10.0. The number of nitrogens with one attached hydrogen (secondary N) is 1. The van der Waals surface area contributed by atoms with Gasteiger partial charge in [-0.25, -0.2) is 0 Å². The first-order valence-electron chi connectivity index (χ1n) is 7.36. The highest BCUT2D eigenvalue weighted by Crippen LogP contribution is 2.31. The number of anilines is 1. The van der Waals surface area contributed by atoms with Crippen LogP contribution in [0.5, 0.6) is 0 Å². The van der Waals surface area contributed by atoms with Gasteiger partial charge in [0.25, 0.3) is 0 Å². The van der Waals surface area contributed by atoms with E-state index in [4.69, 9.17) is 5.73 Å². The average Bonchev–Trinajstić information content (AvgIpc) is 2.54. The second-order valence-corrected chi connectivity index (χ2v) is 5.57. The van der Waals surface area contributed by atoms with Crippen LogP contribution in [0.2, 0.25) is 0 Å². The van der Waals surface area contributed by atoms with Crippen molar-refractivity contribution in [3.05, 3.63) is 65.2 Å². The zero-order valence-corrected chi connectivity index (χ0v) is 13.2. The van der Waals surface area contributed by atoms with E-state index in [0.29, 0.717) is 5.56 Å². The summed E-state index contributed by atoms with van der Waals surface area (Å²) < 4.78 is 75.5. The molecule has 0 saturated carbocycles. The van der Waals surface area contributed by atoms with Crippen LogP contribution < -0.4 is 11.1 Å². The lowest BCUT2D eigenvalue weighted by Crippen LogP contribution is -2.37. The molecule has 26 heavy (non-hydrogen) atoms. The lowest BCUT2D eigenvalue weighted by molar-refractivity contribution is -0.138. The summed E-state index contributed by atoms with van der Waals surface area (Å²) in [7, 11) is 0. The fourth-order valence-electron chi connectivity index (χ4n) is 2.18. The molecule has 0 saturated heterocycles. The summed E-state index contributed by atoms with van der Waals surface area (Å²) in [5.74, 6) is -0.746. The average molecular weight is 376 g/mol. The summed E-state index contributed by atoms with van der Waals surface area (Å²) >= 11 is 0. The molecule has 0 bridgehead atoms. The van der Waals surface area contributed by atoms with Gasteiger partial charge in [0.1, 0.15) is 0 Å². The van der Waals surface area contributed by atoms with Crippen LogP contribution in [-0.2, 0) is 23.6 Å². The number of carbonyl (C=O) groups excluding carboxylic acids is 1. The second-order valence-electron chi connectivity index (χ2n) is 5.57. The van der Waals surface area contributed by atoms with Crippen molar-refractivity contribution in [2.75, 3.05) is 5.32 Å².